The van der Waals surface area contributed by atoms with Crippen LogP contribution < -0.4 is 19.6 Å². The molecule has 1 atom stereocenters. The summed E-state index contributed by atoms with van der Waals surface area (Å²) in [4.78, 5) is 43.5. The monoisotopic (exact) mass is 564 g/mol. The van der Waals surface area contributed by atoms with Gasteiger partial charge in [0.1, 0.15) is 12.4 Å². The highest BCUT2D eigenvalue weighted by atomic mass is 32.1. The van der Waals surface area contributed by atoms with Gasteiger partial charge in [0.15, 0.2) is 11.4 Å². The van der Waals surface area contributed by atoms with Crippen molar-refractivity contribution in [2.45, 2.75) is 32.7 Å². The summed E-state index contributed by atoms with van der Waals surface area (Å²) >= 11 is 1.25. The van der Waals surface area contributed by atoms with E-state index in [0.717, 1.165) is 16.7 Å². The molecule has 40 heavy (non-hydrogen) atoms. The molecular weight excluding hydrogens is 532 g/mol. The molecule has 0 saturated carbocycles. The second-order valence-electron chi connectivity index (χ2n) is 9.47. The Balaban J connectivity index is 1.75. The van der Waals surface area contributed by atoms with E-state index in [0.29, 0.717) is 32.3 Å². The van der Waals surface area contributed by atoms with Gasteiger partial charge in [-0.2, -0.15) is 0 Å². The SMILES string of the molecule is COCCOC(=O)C1=C(C)N=c2sc(=Cc3ccc(OCC(=O)OC)cc3)c(=O)n2C1c1ccc(C(C)C)cc1. The third-order valence-corrected chi connectivity index (χ3v) is 7.43. The number of carbonyl (C=O) groups excluding carboxylic acids is 2. The Bertz CT molecular complexity index is 1580. The van der Waals surface area contributed by atoms with Gasteiger partial charge < -0.3 is 18.9 Å². The first-order valence-electron chi connectivity index (χ1n) is 12.8. The zero-order valence-electron chi connectivity index (χ0n) is 23.1. The molecule has 0 N–H and O–H groups in total. The van der Waals surface area contributed by atoms with Crippen molar-refractivity contribution in [2.24, 2.45) is 4.99 Å². The summed E-state index contributed by atoms with van der Waals surface area (Å²) < 4.78 is 22.5. The number of thiazole rings is 1. The first-order chi connectivity index (χ1) is 19.2. The Morgan fingerprint density at radius 3 is 2.38 bits per heavy atom. The van der Waals surface area contributed by atoms with Crippen molar-refractivity contribution in [1.29, 1.82) is 0 Å². The average Bonchev–Trinajstić information content (AvgIpc) is 3.25. The number of ether oxygens (including phenoxy) is 4. The molecule has 210 valence electrons. The smallest absolute Gasteiger partial charge is 0.343 e. The number of aromatic nitrogens is 1. The van der Waals surface area contributed by atoms with E-state index in [1.54, 1.807) is 41.8 Å². The number of methoxy groups -OCH3 is 2. The van der Waals surface area contributed by atoms with Crippen LogP contribution in [0.15, 0.2) is 69.6 Å². The van der Waals surface area contributed by atoms with Crippen molar-refractivity contribution in [3.8, 4) is 5.75 Å². The van der Waals surface area contributed by atoms with Gasteiger partial charge in [-0.15, -0.1) is 0 Å². The molecule has 0 spiro atoms. The van der Waals surface area contributed by atoms with E-state index in [4.69, 9.17) is 14.2 Å². The Morgan fingerprint density at radius 1 is 1.05 bits per heavy atom. The fourth-order valence-corrected chi connectivity index (χ4v) is 5.32. The molecule has 1 aromatic heterocycles. The molecule has 1 unspecified atom stereocenters. The minimum absolute atomic E-state index is 0.0921. The summed E-state index contributed by atoms with van der Waals surface area (Å²) in [6, 6.07) is 14.2. The standard InChI is InChI=1S/C30H32N2O7S/c1-18(2)21-8-10-22(11-9-21)27-26(29(35)38-15-14-36-4)19(3)31-30-32(27)28(34)24(40-30)16-20-6-12-23(13-7-20)39-17-25(33)37-5/h6-13,16,18,27H,14-15,17H2,1-5H3. The second kappa shape index (κ2) is 12.9. The predicted octanol–water partition coefficient (Wildman–Crippen LogP) is 3.10. The van der Waals surface area contributed by atoms with Crippen LogP contribution >= 0.6 is 11.3 Å². The number of benzene rings is 2. The second-order valence-corrected chi connectivity index (χ2v) is 10.5. The summed E-state index contributed by atoms with van der Waals surface area (Å²) in [7, 11) is 2.83. The van der Waals surface area contributed by atoms with E-state index in [-0.39, 0.29) is 25.4 Å². The van der Waals surface area contributed by atoms with Crippen LogP contribution in [0.1, 0.15) is 49.4 Å². The summed E-state index contributed by atoms with van der Waals surface area (Å²) in [5, 5.41) is 0. The highest BCUT2D eigenvalue weighted by Crippen LogP contribution is 2.31. The molecular formula is C30H32N2O7S. The van der Waals surface area contributed by atoms with Crippen LogP contribution in [-0.4, -0.2) is 50.5 Å². The van der Waals surface area contributed by atoms with E-state index >= 15 is 0 Å². The van der Waals surface area contributed by atoms with Gasteiger partial charge in [-0.05, 0) is 47.7 Å². The highest BCUT2D eigenvalue weighted by molar-refractivity contribution is 7.07. The van der Waals surface area contributed by atoms with Crippen molar-refractivity contribution in [3.63, 3.8) is 0 Å². The number of rotatable bonds is 10. The number of hydrogen-bond donors (Lipinski definition) is 0. The Kier molecular flexibility index (Phi) is 9.34. The number of nitrogens with zero attached hydrogens (tertiary/aromatic N) is 2. The lowest BCUT2D eigenvalue weighted by molar-refractivity contribution is -0.143. The maximum Gasteiger partial charge on any atom is 0.343 e. The van der Waals surface area contributed by atoms with E-state index < -0.39 is 18.0 Å². The molecule has 2 heterocycles. The quantitative estimate of drug-likeness (QED) is 0.275. The van der Waals surface area contributed by atoms with Gasteiger partial charge >= 0.3 is 11.9 Å². The molecule has 0 amide bonds. The van der Waals surface area contributed by atoms with Gasteiger partial charge in [0, 0.05) is 7.11 Å². The molecule has 3 aromatic rings. The fraction of sp³-hybridized carbons (Fsp3) is 0.333. The van der Waals surface area contributed by atoms with Crippen molar-refractivity contribution < 1.29 is 28.5 Å². The molecule has 10 heteroatoms. The van der Waals surface area contributed by atoms with E-state index in [9.17, 15) is 14.4 Å². The molecule has 0 bridgehead atoms. The number of fused-ring (bicyclic) bond motifs is 1. The van der Waals surface area contributed by atoms with Crippen molar-refractivity contribution in [1.82, 2.24) is 4.57 Å². The first kappa shape index (κ1) is 29.0. The summed E-state index contributed by atoms with van der Waals surface area (Å²) in [6.07, 6.45) is 1.77. The average molecular weight is 565 g/mol. The van der Waals surface area contributed by atoms with Gasteiger partial charge in [-0.25, -0.2) is 14.6 Å². The van der Waals surface area contributed by atoms with Crippen molar-refractivity contribution in [3.05, 3.63) is 96.2 Å². The third-order valence-electron chi connectivity index (χ3n) is 6.44. The number of hydrogen-bond acceptors (Lipinski definition) is 9. The third kappa shape index (κ3) is 6.40. The predicted molar refractivity (Wildman–Crippen MR) is 151 cm³/mol. The lowest BCUT2D eigenvalue weighted by Crippen LogP contribution is -2.40. The summed E-state index contributed by atoms with van der Waals surface area (Å²) in [6.45, 7) is 6.14. The summed E-state index contributed by atoms with van der Waals surface area (Å²) in [5.74, 6) is -0.172. The number of esters is 2. The molecule has 2 aromatic carbocycles. The lowest BCUT2D eigenvalue weighted by Gasteiger charge is -2.25. The maximum atomic E-state index is 13.8. The fourth-order valence-electron chi connectivity index (χ4n) is 4.27. The molecule has 0 radical (unpaired) electrons. The lowest BCUT2D eigenvalue weighted by atomic mass is 9.93. The van der Waals surface area contributed by atoms with Gasteiger partial charge in [0.2, 0.25) is 0 Å². The van der Waals surface area contributed by atoms with Crippen LogP contribution in [0.25, 0.3) is 6.08 Å². The van der Waals surface area contributed by atoms with Crippen LogP contribution in [0.2, 0.25) is 0 Å². The minimum Gasteiger partial charge on any atom is -0.482 e. The van der Waals surface area contributed by atoms with Crippen LogP contribution in [0.3, 0.4) is 0 Å². The Morgan fingerprint density at radius 2 is 1.75 bits per heavy atom. The maximum absolute atomic E-state index is 13.8. The largest absolute Gasteiger partial charge is 0.482 e. The van der Waals surface area contributed by atoms with Gasteiger partial charge in [0.25, 0.3) is 5.56 Å². The van der Waals surface area contributed by atoms with E-state index in [1.807, 2.05) is 24.3 Å². The Hall–Kier alpha value is -4.02. The minimum atomic E-state index is -0.691. The molecule has 9 nitrogen and oxygen atoms in total. The topological polar surface area (TPSA) is 105 Å². The molecule has 4 rings (SSSR count). The first-order valence-corrected chi connectivity index (χ1v) is 13.6. The zero-order valence-corrected chi connectivity index (χ0v) is 23.9. The number of allylic oxidation sites excluding steroid dienone is 1. The molecule has 0 aliphatic carbocycles. The molecule has 1 aliphatic rings. The highest BCUT2D eigenvalue weighted by Gasteiger charge is 2.33. The van der Waals surface area contributed by atoms with Crippen molar-refractivity contribution in [2.75, 3.05) is 34.0 Å². The normalized spacial score (nSPS) is 15.1. The van der Waals surface area contributed by atoms with Crippen molar-refractivity contribution >= 4 is 29.4 Å². The van der Waals surface area contributed by atoms with E-state index in [1.165, 1.54) is 25.6 Å². The van der Waals surface area contributed by atoms with Crippen LogP contribution in [0, 0.1) is 0 Å². The number of carbonyl (C=O) groups is 2. The van der Waals surface area contributed by atoms with Gasteiger partial charge in [-0.1, -0.05) is 61.6 Å². The van der Waals surface area contributed by atoms with Gasteiger partial charge in [0.05, 0.1) is 35.6 Å². The molecule has 0 fully saturated rings. The Labute approximate surface area is 236 Å². The van der Waals surface area contributed by atoms with E-state index in [2.05, 4.69) is 23.6 Å². The summed E-state index contributed by atoms with van der Waals surface area (Å²) in [5.41, 5.74) is 3.27. The zero-order chi connectivity index (χ0) is 28.8. The van der Waals surface area contributed by atoms with Gasteiger partial charge in [-0.3, -0.25) is 9.36 Å². The van der Waals surface area contributed by atoms with Crippen LogP contribution in [0.4, 0.5) is 0 Å². The molecule has 0 saturated heterocycles. The molecule has 1 aliphatic heterocycles. The van der Waals surface area contributed by atoms with Crippen LogP contribution in [0.5, 0.6) is 5.75 Å². The van der Waals surface area contributed by atoms with Crippen LogP contribution in [-0.2, 0) is 23.8 Å².